The van der Waals surface area contributed by atoms with Crippen LogP contribution in [0.1, 0.15) is 27.2 Å². The Morgan fingerprint density at radius 1 is 1.17 bits per heavy atom. The largest absolute Gasteiger partial charge is 0.395 e. The Morgan fingerprint density at radius 2 is 1.67 bits per heavy atom. The van der Waals surface area contributed by atoms with Crippen LogP contribution < -0.4 is 5.32 Å². The van der Waals surface area contributed by atoms with Gasteiger partial charge in [0.15, 0.2) is 0 Å². The van der Waals surface area contributed by atoms with E-state index in [2.05, 4.69) is 26.1 Å². The predicted molar refractivity (Wildman–Crippen MR) is 50.0 cm³/mol. The Kier molecular flexibility index (Phi) is 6.34. The van der Waals surface area contributed by atoms with E-state index >= 15 is 0 Å². The monoisotopic (exact) mass is 175 g/mol. The first kappa shape index (κ1) is 11.9. The van der Waals surface area contributed by atoms with Gasteiger partial charge >= 0.3 is 0 Å². The van der Waals surface area contributed by atoms with Crippen LogP contribution in [-0.4, -0.2) is 35.5 Å². The molecule has 0 aliphatic carbocycles. The van der Waals surface area contributed by atoms with E-state index in [0.29, 0.717) is 12.0 Å². The molecule has 0 aromatic rings. The highest BCUT2D eigenvalue weighted by molar-refractivity contribution is 4.73. The van der Waals surface area contributed by atoms with Crippen LogP contribution in [-0.2, 0) is 0 Å². The Labute approximate surface area is 74.8 Å². The van der Waals surface area contributed by atoms with Crippen molar-refractivity contribution in [2.24, 2.45) is 5.92 Å². The van der Waals surface area contributed by atoms with E-state index in [9.17, 15) is 0 Å². The molecule has 0 amide bonds. The molecule has 3 N–H and O–H groups in total. The van der Waals surface area contributed by atoms with E-state index in [4.69, 9.17) is 10.2 Å². The summed E-state index contributed by atoms with van der Waals surface area (Å²) in [6, 6.07) is 0.174. The van der Waals surface area contributed by atoms with Gasteiger partial charge in [-0.1, -0.05) is 20.3 Å². The fourth-order valence-corrected chi connectivity index (χ4v) is 1.05. The second-order valence-corrected chi connectivity index (χ2v) is 3.40. The zero-order valence-electron chi connectivity index (χ0n) is 8.25. The van der Waals surface area contributed by atoms with Crippen LogP contribution in [0.25, 0.3) is 0 Å². The molecular weight excluding hydrogens is 154 g/mol. The van der Waals surface area contributed by atoms with Crippen LogP contribution in [0.5, 0.6) is 0 Å². The van der Waals surface area contributed by atoms with Crippen LogP contribution in [0.15, 0.2) is 0 Å². The fourth-order valence-electron chi connectivity index (χ4n) is 1.05. The second kappa shape index (κ2) is 6.40. The van der Waals surface area contributed by atoms with Gasteiger partial charge in [-0.05, 0) is 12.8 Å². The summed E-state index contributed by atoms with van der Waals surface area (Å²) in [7, 11) is 0. The van der Waals surface area contributed by atoms with Crippen LogP contribution in [0.3, 0.4) is 0 Å². The van der Waals surface area contributed by atoms with Crippen molar-refractivity contribution >= 4 is 0 Å². The summed E-state index contributed by atoms with van der Waals surface area (Å²) in [5.41, 5.74) is 0. The lowest BCUT2D eigenvalue weighted by Gasteiger charge is -2.24. The highest BCUT2D eigenvalue weighted by atomic mass is 16.3. The highest BCUT2D eigenvalue weighted by Gasteiger charge is 2.14. The van der Waals surface area contributed by atoms with Crippen molar-refractivity contribution in [2.45, 2.75) is 39.3 Å². The molecule has 0 heterocycles. The number of hydrogen-bond acceptors (Lipinski definition) is 3. The van der Waals surface area contributed by atoms with Gasteiger partial charge in [-0.2, -0.15) is 0 Å². The molecule has 3 heteroatoms. The average molecular weight is 175 g/mol. The van der Waals surface area contributed by atoms with Crippen molar-refractivity contribution < 1.29 is 10.2 Å². The van der Waals surface area contributed by atoms with E-state index in [1.807, 2.05) is 0 Å². The topological polar surface area (TPSA) is 52.5 Å². The lowest BCUT2D eigenvalue weighted by atomic mass is 10.0. The number of aliphatic hydroxyl groups is 2. The van der Waals surface area contributed by atoms with Crippen molar-refractivity contribution in [2.75, 3.05) is 13.2 Å². The molecule has 12 heavy (non-hydrogen) atoms. The smallest absolute Gasteiger partial charge is 0.0607 e. The van der Waals surface area contributed by atoms with Gasteiger partial charge in [0.05, 0.1) is 19.3 Å². The second-order valence-electron chi connectivity index (χ2n) is 3.40. The van der Waals surface area contributed by atoms with E-state index in [0.717, 1.165) is 6.42 Å². The molecule has 0 spiro atoms. The number of hydrogen-bond donors (Lipinski definition) is 3. The molecule has 0 aliphatic rings. The standard InChI is InChI=1S/C9H21NO2/c1-4-7(2)8(3)10-9(5-11)6-12/h7-12H,4-6H2,1-3H3/t7-,8+/m0/s1. The third-order valence-electron chi connectivity index (χ3n) is 2.44. The number of rotatable bonds is 6. The Balaban J connectivity index is 3.72. The highest BCUT2D eigenvalue weighted by Crippen LogP contribution is 2.06. The van der Waals surface area contributed by atoms with Crippen molar-refractivity contribution in [3.63, 3.8) is 0 Å². The molecule has 0 aliphatic heterocycles. The van der Waals surface area contributed by atoms with Crippen LogP contribution in [0, 0.1) is 5.92 Å². The zero-order chi connectivity index (χ0) is 9.56. The maximum Gasteiger partial charge on any atom is 0.0607 e. The molecule has 0 radical (unpaired) electrons. The van der Waals surface area contributed by atoms with Gasteiger partial charge in [0.2, 0.25) is 0 Å². The van der Waals surface area contributed by atoms with Crippen LogP contribution >= 0.6 is 0 Å². The van der Waals surface area contributed by atoms with E-state index in [1.165, 1.54) is 0 Å². The molecule has 3 nitrogen and oxygen atoms in total. The Hall–Kier alpha value is -0.120. The Morgan fingerprint density at radius 3 is 2.00 bits per heavy atom. The first-order valence-electron chi connectivity index (χ1n) is 4.63. The summed E-state index contributed by atoms with van der Waals surface area (Å²) in [5.74, 6) is 0.575. The van der Waals surface area contributed by atoms with Crippen molar-refractivity contribution in [3.05, 3.63) is 0 Å². The van der Waals surface area contributed by atoms with Crippen LogP contribution in [0.4, 0.5) is 0 Å². The summed E-state index contributed by atoms with van der Waals surface area (Å²) < 4.78 is 0. The Bertz CT molecular complexity index is 105. The average Bonchev–Trinajstić information content (AvgIpc) is 2.12. The summed E-state index contributed by atoms with van der Waals surface area (Å²) in [6.07, 6.45) is 1.11. The minimum atomic E-state index is -0.172. The normalized spacial score (nSPS) is 16.5. The summed E-state index contributed by atoms with van der Waals surface area (Å²) in [5, 5.41) is 20.8. The summed E-state index contributed by atoms with van der Waals surface area (Å²) in [4.78, 5) is 0. The summed E-state index contributed by atoms with van der Waals surface area (Å²) >= 11 is 0. The van der Waals surface area contributed by atoms with E-state index < -0.39 is 0 Å². The zero-order valence-corrected chi connectivity index (χ0v) is 8.25. The molecule has 2 atom stereocenters. The first-order chi connectivity index (χ1) is 5.65. The fraction of sp³-hybridized carbons (Fsp3) is 1.00. The molecule has 74 valence electrons. The van der Waals surface area contributed by atoms with Gasteiger partial charge in [-0.15, -0.1) is 0 Å². The minimum absolute atomic E-state index is 0.00270. The molecule has 0 saturated carbocycles. The lowest BCUT2D eigenvalue weighted by Crippen LogP contribution is -2.44. The molecule has 0 saturated heterocycles. The van der Waals surface area contributed by atoms with Crippen LogP contribution in [0.2, 0.25) is 0 Å². The lowest BCUT2D eigenvalue weighted by molar-refractivity contribution is 0.155. The van der Waals surface area contributed by atoms with Gasteiger partial charge in [-0.25, -0.2) is 0 Å². The van der Waals surface area contributed by atoms with E-state index in [1.54, 1.807) is 0 Å². The SMILES string of the molecule is CC[C@H](C)[C@@H](C)NC(CO)CO. The van der Waals surface area contributed by atoms with Gasteiger partial charge in [0.25, 0.3) is 0 Å². The van der Waals surface area contributed by atoms with E-state index in [-0.39, 0.29) is 19.3 Å². The quantitative estimate of drug-likeness (QED) is 0.546. The maximum atomic E-state index is 8.81. The molecule has 0 bridgehead atoms. The molecule has 0 rings (SSSR count). The van der Waals surface area contributed by atoms with Crippen molar-refractivity contribution in [3.8, 4) is 0 Å². The molecule has 0 fully saturated rings. The molecule has 0 aromatic carbocycles. The molecule has 0 aromatic heterocycles. The van der Waals surface area contributed by atoms with Crippen molar-refractivity contribution in [1.29, 1.82) is 0 Å². The number of nitrogens with one attached hydrogen (secondary N) is 1. The van der Waals surface area contributed by atoms with Gasteiger partial charge in [0.1, 0.15) is 0 Å². The first-order valence-corrected chi connectivity index (χ1v) is 4.63. The number of aliphatic hydroxyl groups excluding tert-OH is 2. The molecule has 0 unspecified atom stereocenters. The van der Waals surface area contributed by atoms with Gasteiger partial charge < -0.3 is 15.5 Å². The predicted octanol–water partition coefficient (Wildman–Crippen LogP) is 0.364. The third-order valence-corrected chi connectivity index (χ3v) is 2.44. The van der Waals surface area contributed by atoms with Gasteiger partial charge in [0, 0.05) is 6.04 Å². The summed E-state index contributed by atoms with van der Waals surface area (Å²) in [6.45, 7) is 6.36. The maximum absolute atomic E-state index is 8.81. The third kappa shape index (κ3) is 4.04. The minimum Gasteiger partial charge on any atom is -0.395 e. The van der Waals surface area contributed by atoms with Gasteiger partial charge in [-0.3, -0.25) is 0 Å². The van der Waals surface area contributed by atoms with Crippen molar-refractivity contribution in [1.82, 2.24) is 5.32 Å². The molecular formula is C9H21NO2.